The van der Waals surface area contributed by atoms with E-state index in [0.717, 1.165) is 21.8 Å². The number of carbonyl (C=O) groups excluding carboxylic acids is 6. The SMILES string of the molecule is C[C@@H](O)[C@H](NC(=O)[C@H](CCCCN)NC(=O)[C@@H](Cc1c[nH]c2ccccc12)NC(=O)[C@H](Cc1c[nH]c2ccccc12)NC(=O)[C@H](Cc1ccc(O)cc1)NC(=O)[C@@H](N)CS)C(=O)N[C@@H](Cc1ccccc1)C(=O)O. The number of benzene rings is 4. The number of phenols is 1. The topological polar surface area (TPSA) is 336 Å². The number of fused-ring (bicyclic) bond motifs is 2. The van der Waals surface area contributed by atoms with E-state index in [1.54, 1.807) is 54.9 Å². The Bertz CT molecular complexity index is 2880. The Labute approximate surface area is 432 Å². The molecule has 8 atom stereocenters. The zero-order chi connectivity index (χ0) is 53.3. The van der Waals surface area contributed by atoms with Crippen molar-refractivity contribution in [2.75, 3.05) is 12.3 Å². The number of unbranched alkanes of at least 4 members (excludes halogenated alkanes) is 1. The first kappa shape index (κ1) is 55.6. The van der Waals surface area contributed by atoms with Gasteiger partial charge in [-0.3, -0.25) is 28.8 Å². The molecule has 74 heavy (non-hydrogen) atoms. The molecule has 0 radical (unpaired) electrons. The third-order valence-corrected chi connectivity index (χ3v) is 12.9. The van der Waals surface area contributed by atoms with Gasteiger partial charge >= 0.3 is 5.97 Å². The first-order valence-corrected chi connectivity index (χ1v) is 24.9. The van der Waals surface area contributed by atoms with Gasteiger partial charge in [-0.05, 0) is 79.3 Å². The van der Waals surface area contributed by atoms with Crippen molar-refractivity contribution in [1.82, 2.24) is 41.9 Å². The van der Waals surface area contributed by atoms with E-state index in [4.69, 9.17) is 11.5 Å². The molecule has 2 heterocycles. The number of carboxylic acids is 1. The summed E-state index contributed by atoms with van der Waals surface area (Å²) < 4.78 is 0. The number of aromatic amines is 2. The molecule has 0 aliphatic carbocycles. The summed E-state index contributed by atoms with van der Waals surface area (Å²) in [6.07, 6.45) is 2.28. The van der Waals surface area contributed by atoms with Crippen molar-refractivity contribution in [2.45, 2.75) is 100 Å². The Morgan fingerprint density at radius 1 is 0.554 bits per heavy atom. The average molecular weight is 1030 g/mol. The van der Waals surface area contributed by atoms with Crippen molar-refractivity contribution in [3.8, 4) is 5.75 Å². The van der Waals surface area contributed by atoms with E-state index in [9.17, 15) is 48.9 Å². The Morgan fingerprint density at radius 2 is 1.00 bits per heavy atom. The minimum absolute atomic E-state index is 0.00664. The Morgan fingerprint density at radius 3 is 1.51 bits per heavy atom. The number of amides is 6. The standard InChI is InChI=1S/C53H64N10O10S/c1-30(64)46(52(71)62-45(53(72)73)24-31-11-3-2-4-12-31)63-48(67)41(17-9-10-22-54)58-50(69)43(25-33-27-56-39-15-7-5-13-36(33)39)61-51(70)44(26-34-28-57-40-16-8-6-14-37(34)40)60-49(68)42(59-47(66)38(55)29-74)23-32-18-20-35(65)21-19-32/h2-8,11-16,18-21,27-28,30,38,41-46,56-57,64-65,74H,9-10,17,22-26,29,54-55H2,1H3,(H,58,69)(H,59,66)(H,60,68)(H,61,70)(H,62,71)(H,63,67)(H,72,73)/t30-,38+,41+,42+,43-,44+,45+,46+/m1/s1. The van der Waals surface area contributed by atoms with Crippen molar-refractivity contribution in [3.05, 3.63) is 138 Å². The highest BCUT2D eigenvalue weighted by molar-refractivity contribution is 7.80. The number of carbonyl (C=O) groups is 7. The normalized spacial score (nSPS) is 14.6. The maximum atomic E-state index is 14.9. The number of thiol groups is 1. The molecular formula is C53H64N10O10S. The van der Waals surface area contributed by atoms with E-state index in [1.807, 2.05) is 48.5 Å². The molecule has 0 fully saturated rings. The van der Waals surface area contributed by atoms with Gasteiger partial charge < -0.3 is 68.7 Å². The van der Waals surface area contributed by atoms with Crippen LogP contribution in [0, 0.1) is 0 Å². The maximum Gasteiger partial charge on any atom is 0.326 e. The molecule has 2 aromatic heterocycles. The zero-order valence-corrected chi connectivity index (χ0v) is 41.6. The Hall–Kier alpha value is -7.72. The highest BCUT2D eigenvalue weighted by atomic mass is 32.1. The number of aromatic hydroxyl groups is 1. The van der Waals surface area contributed by atoms with E-state index in [-0.39, 0.29) is 50.2 Å². The van der Waals surface area contributed by atoms with Crippen molar-refractivity contribution in [3.63, 3.8) is 0 Å². The van der Waals surface area contributed by atoms with Gasteiger partial charge in [0.2, 0.25) is 35.4 Å². The van der Waals surface area contributed by atoms with Gasteiger partial charge in [0.15, 0.2) is 0 Å². The van der Waals surface area contributed by atoms with E-state index in [1.165, 1.54) is 19.1 Å². The van der Waals surface area contributed by atoms with Crippen molar-refractivity contribution >= 4 is 75.8 Å². The molecule has 6 amide bonds. The van der Waals surface area contributed by atoms with Gasteiger partial charge in [-0.15, -0.1) is 0 Å². The molecule has 0 saturated heterocycles. The monoisotopic (exact) mass is 1030 g/mol. The maximum absolute atomic E-state index is 14.9. The third kappa shape index (κ3) is 15.4. The largest absolute Gasteiger partial charge is 0.508 e. The summed E-state index contributed by atoms with van der Waals surface area (Å²) in [4.78, 5) is 104. The van der Waals surface area contributed by atoms with E-state index >= 15 is 0 Å². The molecule has 392 valence electrons. The van der Waals surface area contributed by atoms with E-state index < -0.39 is 89.8 Å². The number of phenolic OH excluding ortho intramolecular Hbond substituents is 1. The van der Waals surface area contributed by atoms with Gasteiger partial charge in [0, 0.05) is 65.6 Å². The molecule has 21 heteroatoms. The van der Waals surface area contributed by atoms with Crippen molar-refractivity contribution in [1.29, 1.82) is 0 Å². The fraction of sp³-hybridized carbons (Fsp3) is 0.340. The minimum atomic E-state index is -1.65. The first-order chi connectivity index (χ1) is 35.5. The van der Waals surface area contributed by atoms with Crippen LogP contribution in [0.5, 0.6) is 5.75 Å². The van der Waals surface area contributed by atoms with E-state index in [2.05, 4.69) is 54.5 Å². The molecule has 0 spiro atoms. The fourth-order valence-electron chi connectivity index (χ4n) is 8.45. The van der Waals surface area contributed by atoms with Crippen LogP contribution in [-0.4, -0.2) is 127 Å². The van der Waals surface area contributed by atoms with Crippen LogP contribution in [0.3, 0.4) is 0 Å². The number of H-pyrrole nitrogens is 2. The van der Waals surface area contributed by atoms with Gasteiger partial charge in [0.25, 0.3) is 0 Å². The highest BCUT2D eigenvalue weighted by Crippen LogP contribution is 2.22. The van der Waals surface area contributed by atoms with Gasteiger partial charge in [-0.1, -0.05) is 78.9 Å². The van der Waals surface area contributed by atoms with Crippen LogP contribution in [0.2, 0.25) is 0 Å². The van der Waals surface area contributed by atoms with Gasteiger partial charge in [0.05, 0.1) is 12.1 Å². The van der Waals surface area contributed by atoms with Gasteiger partial charge in [-0.2, -0.15) is 12.6 Å². The summed E-state index contributed by atoms with van der Waals surface area (Å²) in [5.41, 5.74) is 15.7. The quantitative estimate of drug-likeness (QED) is 0.0257. The first-order valence-electron chi connectivity index (χ1n) is 24.3. The number of aliphatic hydroxyl groups excluding tert-OH is 1. The smallest absolute Gasteiger partial charge is 0.326 e. The Kier molecular flexibility index (Phi) is 20.2. The second-order valence-corrected chi connectivity index (χ2v) is 18.5. The number of hydrogen-bond donors (Lipinski definition) is 14. The van der Waals surface area contributed by atoms with E-state index in [0.29, 0.717) is 35.1 Å². The lowest BCUT2D eigenvalue weighted by atomic mass is 10.00. The number of aromatic nitrogens is 2. The lowest BCUT2D eigenvalue weighted by Gasteiger charge is -2.28. The predicted molar refractivity (Wildman–Crippen MR) is 282 cm³/mol. The number of aliphatic carboxylic acids is 1. The average Bonchev–Trinajstić information content (AvgIpc) is 4.00. The molecular weight excluding hydrogens is 969 g/mol. The number of rotatable bonds is 27. The summed E-state index contributed by atoms with van der Waals surface area (Å²) in [6, 6.07) is 19.6. The second-order valence-electron chi connectivity index (χ2n) is 18.1. The summed E-state index contributed by atoms with van der Waals surface area (Å²) in [7, 11) is 0. The van der Waals surface area contributed by atoms with Crippen LogP contribution in [0.4, 0.5) is 0 Å². The number of hydrogen-bond acceptors (Lipinski definition) is 12. The number of para-hydroxylation sites is 2. The van der Waals surface area contributed by atoms with Crippen LogP contribution in [0.25, 0.3) is 21.8 Å². The summed E-state index contributed by atoms with van der Waals surface area (Å²) in [6.45, 7) is 1.50. The molecule has 6 rings (SSSR count). The summed E-state index contributed by atoms with van der Waals surface area (Å²) in [5.74, 6) is -6.31. The minimum Gasteiger partial charge on any atom is -0.508 e. The molecule has 4 aromatic carbocycles. The molecule has 0 aliphatic rings. The summed E-state index contributed by atoms with van der Waals surface area (Å²) >= 11 is 4.14. The molecule has 0 aliphatic heterocycles. The molecule has 20 nitrogen and oxygen atoms in total. The van der Waals surface area contributed by atoms with Crippen LogP contribution in [0.15, 0.2) is 116 Å². The molecule has 6 aromatic rings. The van der Waals surface area contributed by atoms with Crippen molar-refractivity contribution in [2.24, 2.45) is 11.5 Å². The van der Waals surface area contributed by atoms with Gasteiger partial charge in [0.1, 0.15) is 42.0 Å². The predicted octanol–water partition coefficient (Wildman–Crippen LogP) is 1.39. The Balaban J connectivity index is 1.30. The second kappa shape index (κ2) is 26.8. The highest BCUT2D eigenvalue weighted by Gasteiger charge is 2.36. The third-order valence-electron chi connectivity index (χ3n) is 12.5. The summed E-state index contributed by atoms with van der Waals surface area (Å²) in [5, 5.41) is 48.2. The van der Waals surface area contributed by atoms with Gasteiger partial charge in [-0.25, -0.2) is 4.79 Å². The lowest BCUT2D eigenvalue weighted by molar-refractivity contribution is -0.143. The van der Waals surface area contributed by atoms with Crippen LogP contribution in [0.1, 0.15) is 48.4 Å². The lowest BCUT2D eigenvalue weighted by Crippen LogP contribution is -2.61. The van der Waals surface area contributed by atoms with Crippen molar-refractivity contribution < 1.29 is 48.9 Å². The number of nitrogens with two attached hydrogens (primary N) is 2. The molecule has 0 unspecified atom stereocenters. The molecule has 0 saturated carbocycles. The number of carboxylic acid groups (broad SMARTS) is 1. The fourth-order valence-corrected chi connectivity index (χ4v) is 8.61. The van der Waals surface area contributed by atoms with Crippen LogP contribution < -0.4 is 43.4 Å². The number of aliphatic hydroxyl groups is 1. The zero-order valence-electron chi connectivity index (χ0n) is 40.8. The molecule has 0 bridgehead atoms. The number of nitrogens with one attached hydrogen (secondary N) is 8. The van der Waals surface area contributed by atoms with Crippen LogP contribution >= 0.6 is 12.6 Å². The molecule has 15 N–H and O–H groups in total. The van der Waals surface area contributed by atoms with Crippen LogP contribution in [-0.2, 0) is 59.2 Å².